The molecule has 2 N–H and O–H groups in total. The minimum absolute atomic E-state index is 0. The summed E-state index contributed by atoms with van der Waals surface area (Å²) in [6.45, 7) is 15.0. The van der Waals surface area contributed by atoms with Crippen molar-refractivity contribution in [1.82, 2.24) is 10.6 Å². The number of likely N-dealkylation sites (N-methyl/N-ethyl adjacent to an activating group) is 1. The van der Waals surface area contributed by atoms with Crippen molar-refractivity contribution in [1.29, 1.82) is 0 Å². The number of benzene rings is 1. The molecule has 38 heavy (non-hydrogen) atoms. The molecular formula is C32H54BrN3O2. The molecule has 0 bridgehead atoms. The van der Waals surface area contributed by atoms with Gasteiger partial charge in [-0.2, -0.15) is 0 Å². The van der Waals surface area contributed by atoms with Crippen LogP contribution in [0.1, 0.15) is 85.6 Å². The molecule has 5 nitrogen and oxygen atoms in total. The lowest BCUT2D eigenvalue weighted by molar-refractivity contribution is -0.907. The first-order chi connectivity index (χ1) is 17.5. The van der Waals surface area contributed by atoms with E-state index in [2.05, 4.69) is 71.4 Å². The van der Waals surface area contributed by atoms with Crippen LogP contribution in [-0.4, -0.2) is 48.5 Å². The largest absolute Gasteiger partial charge is 1.00 e. The molecule has 0 saturated heterocycles. The lowest BCUT2D eigenvalue weighted by Crippen LogP contribution is -3.00. The molecular weight excluding hydrogens is 538 g/mol. The van der Waals surface area contributed by atoms with Crippen LogP contribution in [0, 0.1) is 35.5 Å². The molecule has 0 aromatic heterocycles. The van der Waals surface area contributed by atoms with Gasteiger partial charge in [0.1, 0.15) is 6.54 Å². The highest BCUT2D eigenvalue weighted by atomic mass is 79.9. The predicted octanol–water partition coefficient (Wildman–Crippen LogP) is 2.79. The normalized spacial score (nSPS) is 28.0. The molecule has 216 valence electrons. The van der Waals surface area contributed by atoms with Gasteiger partial charge in [-0.1, -0.05) is 84.7 Å². The van der Waals surface area contributed by atoms with E-state index < -0.39 is 0 Å². The zero-order valence-corrected chi connectivity index (χ0v) is 26.6. The number of quaternary nitrogens is 1. The molecule has 0 aliphatic heterocycles. The van der Waals surface area contributed by atoms with E-state index in [1.54, 1.807) is 0 Å². The Morgan fingerprint density at radius 1 is 0.789 bits per heavy atom. The molecule has 0 radical (unpaired) electrons. The molecule has 6 atom stereocenters. The van der Waals surface area contributed by atoms with E-state index >= 15 is 0 Å². The third-order valence-corrected chi connectivity index (χ3v) is 9.20. The van der Waals surface area contributed by atoms with Gasteiger partial charge in [-0.3, -0.25) is 9.59 Å². The topological polar surface area (TPSA) is 58.2 Å². The summed E-state index contributed by atoms with van der Waals surface area (Å²) in [5.74, 6) is 3.59. The summed E-state index contributed by atoms with van der Waals surface area (Å²) in [6, 6.07) is 10.7. The van der Waals surface area contributed by atoms with Gasteiger partial charge in [-0.15, -0.1) is 0 Å². The van der Waals surface area contributed by atoms with Crippen molar-refractivity contribution in [2.45, 2.75) is 98.7 Å². The van der Waals surface area contributed by atoms with Crippen LogP contribution in [0.15, 0.2) is 30.3 Å². The first kappa shape index (κ1) is 32.8. The van der Waals surface area contributed by atoms with Gasteiger partial charge in [0.2, 0.25) is 0 Å². The van der Waals surface area contributed by atoms with Crippen LogP contribution in [0.3, 0.4) is 0 Å². The van der Waals surface area contributed by atoms with Gasteiger partial charge in [0, 0.05) is 17.6 Å². The number of carbonyl (C=O) groups is 2. The highest BCUT2D eigenvalue weighted by Gasteiger charge is 2.37. The van der Waals surface area contributed by atoms with Crippen LogP contribution in [0.25, 0.3) is 0 Å². The number of hydrogen-bond donors (Lipinski definition) is 2. The van der Waals surface area contributed by atoms with Crippen molar-refractivity contribution in [3.8, 4) is 0 Å². The van der Waals surface area contributed by atoms with E-state index in [1.807, 2.05) is 18.2 Å². The summed E-state index contributed by atoms with van der Waals surface area (Å²) >= 11 is 0. The van der Waals surface area contributed by atoms with Gasteiger partial charge in [-0.05, 0) is 61.2 Å². The Morgan fingerprint density at radius 2 is 1.21 bits per heavy atom. The molecule has 0 unspecified atom stereocenters. The SMILES string of the molecule is CC(C)[C@@H]1CC[C@@H](C)C[C@H]1NC(=O)C[N+](C)(CC(=O)N[C@@H]1C[C@H](C)CC[C@H]1C(C)C)Cc1ccccc1.[Br-]. The first-order valence-electron chi connectivity index (χ1n) is 14.9. The van der Waals surface area contributed by atoms with Gasteiger partial charge < -0.3 is 32.1 Å². The Balaban J connectivity index is 0.00000507. The highest BCUT2D eigenvalue weighted by Crippen LogP contribution is 2.34. The predicted molar refractivity (Wildman–Crippen MR) is 153 cm³/mol. The molecule has 2 amide bonds. The number of nitrogens with one attached hydrogen (secondary N) is 2. The smallest absolute Gasteiger partial charge is 0.275 e. The van der Waals surface area contributed by atoms with Gasteiger partial charge in [0.15, 0.2) is 13.1 Å². The zero-order valence-electron chi connectivity index (χ0n) is 25.0. The van der Waals surface area contributed by atoms with Gasteiger partial charge in [0.05, 0.1) is 7.05 Å². The lowest BCUT2D eigenvalue weighted by Gasteiger charge is -2.40. The summed E-state index contributed by atoms with van der Waals surface area (Å²) in [4.78, 5) is 27.0. The maximum Gasteiger partial charge on any atom is 0.275 e. The Morgan fingerprint density at radius 3 is 1.61 bits per heavy atom. The zero-order chi connectivity index (χ0) is 27.2. The van der Waals surface area contributed by atoms with Gasteiger partial charge >= 0.3 is 0 Å². The molecule has 1 aromatic rings. The fourth-order valence-electron chi connectivity index (χ4n) is 7.13. The number of amides is 2. The molecule has 3 rings (SSSR count). The number of carbonyl (C=O) groups excluding carboxylic acids is 2. The van der Waals surface area contributed by atoms with Crippen molar-refractivity contribution in [2.24, 2.45) is 35.5 Å². The molecule has 0 heterocycles. The highest BCUT2D eigenvalue weighted by molar-refractivity contribution is 5.79. The molecule has 1 aromatic carbocycles. The summed E-state index contributed by atoms with van der Waals surface area (Å²) in [7, 11) is 2.07. The van der Waals surface area contributed by atoms with E-state index in [1.165, 1.54) is 25.7 Å². The molecule has 2 aliphatic rings. The maximum absolute atomic E-state index is 13.5. The Kier molecular flexibility index (Phi) is 12.8. The lowest BCUT2D eigenvalue weighted by atomic mass is 9.74. The van der Waals surface area contributed by atoms with E-state index in [0.717, 1.165) is 18.4 Å². The summed E-state index contributed by atoms with van der Waals surface area (Å²) < 4.78 is 0.380. The number of halogens is 1. The van der Waals surface area contributed by atoms with Crippen LogP contribution < -0.4 is 27.6 Å². The minimum atomic E-state index is 0. The standard InChI is InChI=1S/C32H53N3O2.BrH/c1-22(2)27-15-13-24(5)17-29(27)33-31(36)20-35(7,19-26-11-9-8-10-12-26)21-32(37)34-30-18-25(6)14-16-28(30)23(3)4;/h8-12,22-25,27-30H,13-21H2,1-7H3,(H-,33,34,36,37);1H/t24-,25-,27+,28+,29-,30-;/m1./s1. The Labute approximate surface area is 243 Å². The molecule has 2 fully saturated rings. The summed E-state index contributed by atoms with van der Waals surface area (Å²) in [5.41, 5.74) is 1.16. The number of nitrogens with zero attached hydrogens (tertiary/aromatic N) is 1. The van der Waals surface area contributed by atoms with E-state index in [9.17, 15) is 9.59 Å². The van der Waals surface area contributed by atoms with Crippen LogP contribution in [0.5, 0.6) is 0 Å². The van der Waals surface area contributed by atoms with E-state index in [0.29, 0.717) is 59.6 Å². The molecule has 2 aliphatic carbocycles. The van der Waals surface area contributed by atoms with Gasteiger partial charge in [-0.25, -0.2) is 0 Å². The summed E-state index contributed by atoms with van der Waals surface area (Å²) in [6.07, 6.45) is 6.95. The number of rotatable bonds is 10. The fraction of sp³-hybridized carbons (Fsp3) is 0.750. The van der Waals surface area contributed by atoms with Crippen LogP contribution >= 0.6 is 0 Å². The average molecular weight is 593 g/mol. The maximum atomic E-state index is 13.5. The molecule has 0 spiro atoms. The van der Waals surface area contributed by atoms with Crippen LogP contribution in [0.4, 0.5) is 0 Å². The average Bonchev–Trinajstić information content (AvgIpc) is 2.78. The quantitative estimate of drug-likeness (QED) is 0.411. The Bertz CT molecular complexity index is 827. The van der Waals surface area contributed by atoms with Gasteiger partial charge in [0.25, 0.3) is 11.8 Å². The van der Waals surface area contributed by atoms with Crippen molar-refractivity contribution in [2.75, 3.05) is 20.1 Å². The van der Waals surface area contributed by atoms with E-state index in [-0.39, 0.29) is 40.9 Å². The van der Waals surface area contributed by atoms with E-state index in [4.69, 9.17) is 0 Å². The Hall–Kier alpha value is -1.40. The third kappa shape index (κ3) is 9.66. The second-order valence-electron chi connectivity index (χ2n) is 13.6. The van der Waals surface area contributed by atoms with Crippen LogP contribution in [-0.2, 0) is 16.1 Å². The van der Waals surface area contributed by atoms with Crippen LogP contribution in [0.2, 0.25) is 0 Å². The monoisotopic (exact) mass is 591 g/mol. The summed E-state index contributed by atoms with van der Waals surface area (Å²) in [5, 5.41) is 6.84. The first-order valence-corrected chi connectivity index (χ1v) is 14.9. The fourth-order valence-corrected chi connectivity index (χ4v) is 7.13. The van der Waals surface area contributed by atoms with Crippen molar-refractivity contribution >= 4 is 11.8 Å². The van der Waals surface area contributed by atoms with Crippen molar-refractivity contribution in [3.63, 3.8) is 0 Å². The molecule has 2 saturated carbocycles. The third-order valence-electron chi connectivity index (χ3n) is 9.20. The van der Waals surface area contributed by atoms with Crippen molar-refractivity contribution in [3.05, 3.63) is 35.9 Å². The second kappa shape index (κ2) is 14.8. The minimum Gasteiger partial charge on any atom is -1.00 e. The second-order valence-corrected chi connectivity index (χ2v) is 13.6. The van der Waals surface area contributed by atoms with Crippen molar-refractivity contribution < 1.29 is 31.1 Å². The molecule has 6 heteroatoms. The number of hydrogen-bond acceptors (Lipinski definition) is 2.